The van der Waals surface area contributed by atoms with Gasteiger partial charge < -0.3 is 5.11 Å². The van der Waals surface area contributed by atoms with Crippen LogP contribution in [0.15, 0.2) is 0 Å². The van der Waals surface area contributed by atoms with Crippen LogP contribution in [-0.2, 0) is 0 Å². The molecule has 2 aliphatic carbocycles. The molecular formula is C10H18O. The fourth-order valence-corrected chi connectivity index (χ4v) is 2.64. The molecule has 0 radical (unpaired) electrons. The monoisotopic (exact) mass is 154 g/mol. The maximum Gasteiger partial charge on any atom is 0.0678 e. The van der Waals surface area contributed by atoms with Gasteiger partial charge in [0.1, 0.15) is 0 Å². The molecule has 0 bridgehead atoms. The van der Waals surface area contributed by atoms with E-state index in [1.54, 1.807) is 0 Å². The van der Waals surface area contributed by atoms with Gasteiger partial charge in [-0.15, -0.1) is 0 Å². The summed E-state index contributed by atoms with van der Waals surface area (Å²) in [6.45, 7) is 2.20. The Morgan fingerprint density at radius 1 is 1.55 bits per heavy atom. The first-order valence-corrected chi connectivity index (χ1v) is 4.98. The van der Waals surface area contributed by atoms with Crippen molar-refractivity contribution in [2.75, 3.05) is 0 Å². The second-order valence-electron chi connectivity index (χ2n) is 4.35. The van der Waals surface area contributed by atoms with Gasteiger partial charge in [0.2, 0.25) is 0 Å². The lowest BCUT2D eigenvalue weighted by atomic mass is 9.91. The largest absolute Gasteiger partial charge is 0.390 e. The molecule has 1 nitrogen and oxygen atoms in total. The first-order chi connectivity index (χ1) is 5.26. The molecule has 2 fully saturated rings. The van der Waals surface area contributed by atoms with Crippen molar-refractivity contribution in [1.82, 2.24) is 0 Å². The molecule has 0 heterocycles. The van der Waals surface area contributed by atoms with Crippen LogP contribution in [0.2, 0.25) is 0 Å². The molecule has 0 aromatic carbocycles. The number of hydrogen-bond acceptors (Lipinski definition) is 1. The Kier molecular flexibility index (Phi) is 1.71. The highest BCUT2D eigenvalue weighted by Crippen LogP contribution is 2.58. The van der Waals surface area contributed by atoms with E-state index in [9.17, 15) is 5.11 Å². The molecule has 0 aromatic heterocycles. The second kappa shape index (κ2) is 2.48. The molecule has 64 valence electrons. The Balaban J connectivity index is 1.88. The topological polar surface area (TPSA) is 20.2 Å². The maximum atomic E-state index is 10.1. The predicted molar refractivity (Wildman–Crippen MR) is 45.3 cm³/mol. The Hall–Kier alpha value is -0.0400. The van der Waals surface area contributed by atoms with Crippen LogP contribution in [0, 0.1) is 11.8 Å². The van der Waals surface area contributed by atoms with E-state index in [-0.39, 0.29) is 5.60 Å². The molecule has 2 rings (SSSR count). The van der Waals surface area contributed by atoms with Gasteiger partial charge in [0.05, 0.1) is 5.60 Å². The Morgan fingerprint density at radius 3 is 2.82 bits per heavy atom. The molecule has 0 spiro atoms. The average Bonchev–Trinajstić information content (AvgIpc) is 2.72. The van der Waals surface area contributed by atoms with Crippen molar-refractivity contribution in [3.05, 3.63) is 0 Å². The predicted octanol–water partition coefficient (Wildman–Crippen LogP) is 2.34. The third-order valence-electron chi connectivity index (χ3n) is 3.52. The molecular weight excluding hydrogens is 136 g/mol. The minimum atomic E-state index is -0.222. The zero-order chi connectivity index (χ0) is 7.90. The summed E-state index contributed by atoms with van der Waals surface area (Å²) in [6.07, 6.45) is 7.19. The third-order valence-corrected chi connectivity index (χ3v) is 3.52. The summed E-state index contributed by atoms with van der Waals surface area (Å²) in [7, 11) is 0. The SMILES string of the molecule is CCCCC1(O)CCC2CC21. The normalized spacial score (nSPS) is 47.5. The van der Waals surface area contributed by atoms with Gasteiger partial charge in [0.25, 0.3) is 0 Å². The van der Waals surface area contributed by atoms with E-state index in [1.807, 2.05) is 0 Å². The lowest BCUT2D eigenvalue weighted by Gasteiger charge is -2.24. The van der Waals surface area contributed by atoms with Crippen LogP contribution in [0.3, 0.4) is 0 Å². The molecule has 11 heavy (non-hydrogen) atoms. The molecule has 0 aliphatic heterocycles. The van der Waals surface area contributed by atoms with E-state index in [0.717, 1.165) is 18.8 Å². The van der Waals surface area contributed by atoms with Gasteiger partial charge in [0.15, 0.2) is 0 Å². The van der Waals surface area contributed by atoms with Crippen molar-refractivity contribution in [3.8, 4) is 0 Å². The zero-order valence-electron chi connectivity index (χ0n) is 7.34. The van der Waals surface area contributed by atoms with Gasteiger partial charge in [-0.05, 0) is 37.5 Å². The zero-order valence-corrected chi connectivity index (χ0v) is 7.34. The molecule has 0 aromatic rings. The van der Waals surface area contributed by atoms with Gasteiger partial charge in [-0.1, -0.05) is 19.8 Å². The van der Waals surface area contributed by atoms with Crippen LogP contribution in [0.1, 0.15) is 45.4 Å². The molecule has 1 N–H and O–H groups in total. The van der Waals surface area contributed by atoms with Gasteiger partial charge in [-0.2, -0.15) is 0 Å². The highest BCUT2D eigenvalue weighted by molar-refractivity contribution is 5.07. The summed E-state index contributed by atoms with van der Waals surface area (Å²) in [5.74, 6) is 1.62. The van der Waals surface area contributed by atoms with E-state index in [0.29, 0.717) is 5.92 Å². The summed E-state index contributed by atoms with van der Waals surface area (Å²) in [4.78, 5) is 0. The smallest absolute Gasteiger partial charge is 0.0678 e. The maximum absolute atomic E-state index is 10.1. The fourth-order valence-electron chi connectivity index (χ4n) is 2.64. The molecule has 2 aliphatic rings. The van der Waals surface area contributed by atoms with Crippen molar-refractivity contribution in [2.24, 2.45) is 11.8 Å². The van der Waals surface area contributed by atoms with Gasteiger partial charge in [0, 0.05) is 0 Å². The summed E-state index contributed by atoms with van der Waals surface area (Å²) in [5.41, 5.74) is -0.222. The highest BCUT2D eigenvalue weighted by Gasteiger charge is 2.56. The minimum absolute atomic E-state index is 0.222. The van der Waals surface area contributed by atoms with E-state index in [2.05, 4.69) is 6.92 Å². The molecule has 2 saturated carbocycles. The van der Waals surface area contributed by atoms with Crippen molar-refractivity contribution >= 4 is 0 Å². The van der Waals surface area contributed by atoms with Crippen molar-refractivity contribution in [2.45, 2.75) is 51.0 Å². The van der Waals surface area contributed by atoms with Crippen molar-refractivity contribution in [1.29, 1.82) is 0 Å². The van der Waals surface area contributed by atoms with Gasteiger partial charge >= 0.3 is 0 Å². The first-order valence-electron chi connectivity index (χ1n) is 4.98. The van der Waals surface area contributed by atoms with Crippen LogP contribution in [0.4, 0.5) is 0 Å². The van der Waals surface area contributed by atoms with E-state index in [4.69, 9.17) is 0 Å². The fraction of sp³-hybridized carbons (Fsp3) is 1.00. The van der Waals surface area contributed by atoms with Crippen molar-refractivity contribution in [3.63, 3.8) is 0 Å². The number of aliphatic hydroxyl groups is 1. The van der Waals surface area contributed by atoms with Crippen molar-refractivity contribution < 1.29 is 5.11 Å². The van der Waals surface area contributed by atoms with Crippen LogP contribution < -0.4 is 0 Å². The van der Waals surface area contributed by atoms with E-state index in [1.165, 1.54) is 25.7 Å². The summed E-state index contributed by atoms with van der Waals surface area (Å²) in [6, 6.07) is 0. The Morgan fingerprint density at radius 2 is 2.36 bits per heavy atom. The lowest BCUT2D eigenvalue weighted by Crippen LogP contribution is -2.28. The molecule has 3 atom stereocenters. The number of rotatable bonds is 3. The van der Waals surface area contributed by atoms with Crippen LogP contribution in [-0.4, -0.2) is 10.7 Å². The van der Waals surface area contributed by atoms with Crippen LogP contribution in [0.25, 0.3) is 0 Å². The van der Waals surface area contributed by atoms with E-state index < -0.39 is 0 Å². The highest BCUT2D eigenvalue weighted by atomic mass is 16.3. The quantitative estimate of drug-likeness (QED) is 0.661. The Bertz CT molecular complexity index is 155. The van der Waals surface area contributed by atoms with Crippen LogP contribution in [0.5, 0.6) is 0 Å². The molecule has 0 amide bonds. The van der Waals surface area contributed by atoms with Gasteiger partial charge in [-0.3, -0.25) is 0 Å². The first kappa shape index (κ1) is 7.60. The summed E-state index contributed by atoms with van der Waals surface area (Å²) in [5, 5.41) is 10.1. The summed E-state index contributed by atoms with van der Waals surface area (Å²) >= 11 is 0. The minimum Gasteiger partial charge on any atom is -0.390 e. The van der Waals surface area contributed by atoms with E-state index >= 15 is 0 Å². The Labute approximate surface area is 68.8 Å². The molecule has 3 unspecified atom stereocenters. The lowest BCUT2D eigenvalue weighted by molar-refractivity contribution is 0.0143. The summed E-state index contributed by atoms with van der Waals surface area (Å²) < 4.78 is 0. The molecule has 0 saturated heterocycles. The standard InChI is InChI=1S/C10H18O/c1-2-3-5-10(11)6-4-8-7-9(8)10/h8-9,11H,2-7H2,1H3. The average molecular weight is 154 g/mol. The number of fused-ring (bicyclic) bond motifs is 1. The number of unbranched alkanes of at least 4 members (excludes halogenated alkanes) is 1. The van der Waals surface area contributed by atoms with Crippen LogP contribution >= 0.6 is 0 Å². The second-order valence-corrected chi connectivity index (χ2v) is 4.35. The molecule has 1 heteroatoms. The third kappa shape index (κ3) is 1.20. The number of hydrogen-bond donors (Lipinski definition) is 1. The van der Waals surface area contributed by atoms with Gasteiger partial charge in [-0.25, -0.2) is 0 Å².